The van der Waals surface area contributed by atoms with Crippen LogP contribution in [0.25, 0.3) is 10.8 Å². The Morgan fingerprint density at radius 2 is 1.73 bits per heavy atom. The van der Waals surface area contributed by atoms with Crippen LogP contribution in [0.5, 0.6) is 0 Å². The van der Waals surface area contributed by atoms with Crippen LogP contribution in [-0.2, 0) is 0 Å². The number of anilines is 1. The summed E-state index contributed by atoms with van der Waals surface area (Å²) in [6, 6.07) is 14.8. The molecule has 2 saturated heterocycles. The summed E-state index contributed by atoms with van der Waals surface area (Å²) in [4.78, 5) is 16.8. The third-order valence-corrected chi connectivity index (χ3v) is 4.84. The number of hydrogen-bond donors (Lipinski definition) is 1. The SMILES string of the molecule is O=C(Nc1cccc2ccccc12)N1CC(N2CCCC2)C1. The second kappa shape index (κ2) is 5.61. The molecule has 4 heteroatoms. The average Bonchev–Trinajstić information content (AvgIpc) is 3.00. The van der Waals surface area contributed by atoms with Crippen molar-refractivity contribution in [1.29, 1.82) is 0 Å². The minimum Gasteiger partial charge on any atom is -0.321 e. The van der Waals surface area contributed by atoms with E-state index in [-0.39, 0.29) is 6.03 Å². The first-order valence-electron chi connectivity index (χ1n) is 8.09. The molecule has 2 fully saturated rings. The molecule has 2 aromatic rings. The first-order valence-corrected chi connectivity index (χ1v) is 8.09. The van der Waals surface area contributed by atoms with Gasteiger partial charge in [-0.2, -0.15) is 0 Å². The molecule has 2 aliphatic heterocycles. The fraction of sp³-hybridized carbons (Fsp3) is 0.389. The van der Waals surface area contributed by atoms with Crippen molar-refractivity contribution in [2.45, 2.75) is 18.9 Å². The fourth-order valence-electron chi connectivity index (χ4n) is 3.49. The van der Waals surface area contributed by atoms with Crippen molar-refractivity contribution >= 4 is 22.5 Å². The molecule has 0 aromatic heterocycles. The van der Waals surface area contributed by atoms with Gasteiger partial charge in [-0.05, 0) is 37.4 Å². The van der Waals surface area contributed by atoms with Crippen molar-refractivity contribution in [1.82, 2.24) is 9.80 Å². The van der Waals surface area contributed by atoms with Crippen LogP contribution in [0.1, 0.15) is 12.8 Å². The summed E-state index contributed by atoms with van der Waals surface area (Å²) >= 11 is 0. The van der Waals surface area contributed by atoms with Crippen LogP contribution in [0.4, 0.5) is 10.5 Å². The normalized spacial score (nSPS) is 19.4. The number of fused-ring (bicyclic) bond motifs is 1. The van der Waals surface area contributed by atoms with E-state index >= 15 is 0 Å². The van der Waals surface area contributed by atoms with Gasteiger partial charge < -0.3 is 10.2 Å². The van der Waals surface area contributed by atoms with E-state index in [0.717, 1.165) is 29.5 Å². The highest BCUT2D eigenvalue weighted by Crippen LogP contribution is 2.25. The summed E-state index contributed by atoms with van der Waals surface area (Å²) in [6.45, 7) is 4.11. The van der Waals surface area contributed by atoms with Crippen molar-refractivity contribution in [2.24, 2.45) is 0 Å². The number of urea groups is 1. The number of carbonyl (C=O) groups excluding carboxylic acids is 1. The molecule has 2 amide bonds. The summed E-state index contributed by atoms with van der Waals surface area (Å²) in [5.41, 5.74) is 0.896. The van der Waals surface area contributed by atoms with Gasteiger partial charge in [-0.15, -0.1) is 0 Å². The van der Waals surface area contributed by atoms with Gasteiger partial charge in [0.1, 0.15) is 0 Å². The number of benzene rings is 2. The third kappa shape index (κ3) is 2.44. The van der Waals surface area contributed by atoms with Crippen LogP contribution in [0.2, 0.25) is 0 Å². The minimum absolute atomic E-state index is 0.0202. The van der Waals surface area contributed by atoms with Crippen LogP contribution < -0.4 is 5.32 Å². The van der Waals surface area contributed by atoms with Crippen molar-refractivity contribution in [2.75, 3.05) is 31.5 Å². The monoisotopic (exact) mass is 295 g/mol. The van der Waals surface area contributed by atoms with Crippen LogP contribution in [-0.4, -0.2) is 48.1 Å². The minimum atomic E-state index is 0.0202. The summed E-state index contributed by atoms with van der Waals surface area (Å²) < 4.78 is 0. The zero-order valence-corrected chi connectivity index (χ0v) is 12.7. The number of hydrogen-bond acceptors (Lipinski definition) is 2. The molecule has 0 unspecified atom stereocenters. The van der Waals surface area contributed by atoms with Gasteiger partial charge in [0.25, 0.3) is 0 Å². The second-order valence-corrected chi connectivity index (χ2v) is 6.26. The van der Waals surface area contributed by atoms with Gasteiger partial charge in [0, 0.05) is 24.5 Å². The number of likely N-dealkylation sites (tertiary alicyclic amines) is 2. The highest BCUT2D eigenvalue weighted by molar-refractivity contribution is 6.01. The molecule has 0 radical (unpaired) electrons. The van der Waals surface area contributed by atoms with Crippen molar-refractivity contribution < 1.29 is 4.79 Å². The summed E-state index contributed by atoms with van der Waals surface area (Å²) in [6.07, 6.45) is 2.61. The lowest BCUT2D eigenvalue weighted by molar-refractivity contribution is 0.0776. The molecular weight excluding hydrogens is 274 g/mol. The van der Waals surface area contributed by atoms with E-state index < -0.39 is 0 Å². The highest BCUT2D eigenvalue weighted by Gasteiger charge is 2.35. The van der Waals surface area contributed by atoms with Crippen LogP contribution in [0, 0.1) is 0 Å². The second-order valence-electron chi connectivity index (χ2n) is 6.26. The van der Waals surface area contributed by atoms with Gasteiger partial charge in [0.2, 0.25) is 0 Å². The Morgan fingerprint density at radius 1 is 1.00 bits per heavy atom. The Balaban J connectivity index is 1.42. The van der Waals surface area contributed by atoms with E-state index in [4.69, 9.17) is 0 Å². The van der Waals surface area contributed by atoms with E-state index in [9.17, 15) is 4.79 Å². The Hall–Kier alpha value is -2.07. The predicted octanol–water partition coefficient (Wildman–Crippen LogP) is 3.15. The molecule has 4 nitrogen and oxygen atoms in total. The van der Waals surface area contributed by atoms with Crippen LogP contribution in [0.15, 0.2) is 42.5 Å². The maximum Gasteiger partial charge on any atom is 0.321 e. The Morgan fingerprint density at radius 3 is 2.55 bits per heavy atom. The Bertz CT molecular complexity index is 682. The molecule has 0 bridgehead atoms. The summed E-state index contributed by atoms with van der Waals surface area (Å²) in [7, 11) is 0. The number of amides is 2. The standard InChI is InChI=1S/C18H21N3O/c22-18(21-12-15(13-21)20-10-3-4-11-20)19-17-9-5-7-14-6-1-2-8-16(14)17/h1-2,5-9,15H,3-4,10-13H2,(H,19,22). The lowest BCUT2D eigenvalue weighted by Gasteiger charge is -2.43. The number of carbonyl (C=O) groups is 1. The van der Waals surface area contributed by atoms with E-state index in [0.29, 0.717) is 6.04 Å². The third-order valence-electron chi connectivity index (χ3n) is 4.84. The van der Waals surface area contributed by atoms with Crippen LogP contribution >= 0.6 is 0 Å². The Kier molecular flexibility index (Phi) is 3.47. The van der Waals surface area contributed by atoms with Gasteiger partial charge >= 0.3 is 6.03 Å². The predicted molar refractivity (Wildman–Crippen MR) is 89.1 cm³/mol. The topological polar surface area (TPSA) is 35.6 Å². The van der Waals surface area contributed by atoms with Gasteiger partial charge in [0.15, 0.2) is 0 Å². The number of nitrogens with one attached hydrogen (secondary N) is 1. The first kappa shape index (κ1) is 13.6. The largest absolute Gasteiger partial charge is 0.321 e. The zero-order chi connectivity index (χ0) is 14.9. The van der Waals surface area contributed by atoms with E-state index in [1.165, 1.54) is 25.9 Å². The summed E-state index contributed by atoms with van der Waals surface area (Å²) in [5, 5.41) is 5.31. The molecule has 2 aromatic carbocycles. The Labute approximate surface area is 130 Å². The first-order chi connectivity index (χ1) is 10.8. The molecule has 2 heterocycles. The molecule has 114 valence electrons. The van der Waals surface area contributed by atoms with Crippen molar-refractivity contribution in [3.05, 3.63) is 42.5 Å². The molecule has 4 rings (SSSR count). The van der Waals surface area contributed by atoms with Gasteiger partial charge in [0.05, 0.1) is 5.69 Å². The lowest BCUT2D eigenvalue weighted by Crippen LogP contribution is -2.61. The lowest BCUT2D eigenvalue weighted by atomic mass is 10.1. The smallest absolute Gasteiger partial charge is 0.321 e. The van der Waals surface area contributed by atoms with E-state index in [1.54, 1.807) is 0 Å². The van der Waals surface area contributed by atoms with E-state index in [2.05, 4.69) is 22.3 Å². The van der Waals surface area contributed by atoms with Gasteiger partial charge in [-0.25, -0.2) is 4.79 Å². The van der Waals surface area contributed by atoms with Gasteiger partial charge in [-0.3, -0.25) is 4.90 Å². The quantitative estimate of drug-likeness (QED) is 0.924. The fourth-order valence-corrected chi connectivity index (χ4v) is 3.49. The van der Waals surface area contributed by atoms with Gasteiger partial charge in [-0.1, -0.05) is 36.4 Å². The number of nitrogens with zero attached hydrogens (tertiary/aromatic N) is 2. The average molecular weight is 295 g/mol. The molecule has 2 aliphatic rings. The van der Waals surface area contributed by atoms with Crippen molar-refractivity contribution in [3.63, 3.8) is 0 Å². The zero-order valence-electron chi connectivity index (χ0n) is 12.7. The summed E-state index contributed by atoms with van der Waals surface area (Å²) in [5.74, 6) is 0. The van der Waals surface area contributed by atoms with Crippen LogP contribution in [0.3, 0.4) is 0 Å². The maximum atomic E-state index is 12.4. The molecule has 0 atom stereocenters. The molecule has 0 aliphatic carbocycles. The highest BCUT2D eigenvalue weighted by atomic mass is 16.2. The number of rotatable bonds is 2. The maximum absolute atomic E-state index is 12.4. The molecule has 1 N–H and O–H groups in total. The van der Waals surface area contributed by atoms with Crippen molar-refractivity contribution in [3.8, 4) is 0 Å². The molecule has 22 heavy (non-hydrogen) atoms. The molecule has 0 spiro atoms. The molecular formula is C18H21N3O. The van der Waals surface area contributed by atoms with E-state index in [1.807, 2.05) is 35.2 Å². The molecule has 0 saturated carbocycles.